The van der Waals surface area contributed by atoms with Crippen molar-refractivity contribution < 1.29 is 18.7 Å². The second-order valence-electron chi connectivity index (χ2n) is 5.40. The van der Waals surface area contributed by atoms with Gasteiger partial charge in [0.05, 0.1) is 12.2 Å². The summed E-state index contributed by atoms with van der Waals surface area (Å²) in [6.07, 6.45) is 0. The molecule has 0 fully saturated rings. The lowest BCUT2D eigenvalue weighted by molar-refractivity contribution is 0.0438. The van der Waals surface area contributed by atoms with Crippen molar-refractivity contribution in [1.29, 1.82) is 0 Å². The summed E-state index contributed by atoms with van der Waals surface area (Å²) in [6.45, 7) is 4.38. The van der Waals surface area contributed by atoms with Gasteiger partial charge in [0.1, 0.15) is 5.75 Å². The van der Waals surface area contributed by atoms with Gasteiger partial charge in [-0.2, -0.15) is 0 Å². The maximum Gasteiger partial charge on any atom is 0.338 e. The van der Waals surface area contributed by atoms with Crippen LogP contribution in [-0.4, -0.2) is 22.8 Å². The minimum atomic E-state index is -0.460. The summed E-state index contributed by atoms with van der Waals surface area (Å²) in [5.74, 6) is 0.892. The third kappa shape index (κ3) is 4.23. The van der Waals surface area contributed by atoms with Crippen LogP contribution < -0.4 is 4.74 Å². The summed E-state index contributed by atoms with van der Waals surface area (Å²) in [6, 6.07) is 14.5. The average Bonchev–Trinajstić information content (AvgIpc) is 3.10. The third-order valence-electron chi connectivity index (χ3n) is 3.46. The van der Waals surface area contributed by atoms with Crippen molar-refractivity contribution in [1.82, 2.24) is 10.2 Å². The van der Waals surface area contributed by atoms with Crippen LogP contribution in [0, 0.1) is 6.92 Å². The van der Waals surface area contributed by atoms with Crippen LogP contribution in [0.2, 0.25) is 0 Å². The van der Waals surface area contributed by atoms with Gasteiger partial charge in [-0.3, -0.25) is 0 Å². The molecular formula is C19H18N2O4. The molecule has 0 spiro atoms. The summed E-state index contributed by atoms with van der Waals surface area (Å²) < 4.78 is 16.1. The van der Waals surface area contributed by atoms with E-state index in [0.717, 1.165) is 11.1 Å². The maximum atomic E-state index is 12.1. The molecule has 3 aromatic rings. The highest BCUT2D eigenvalue weighted by atomic mass is 16.5. The summed E-state index contributed by atoms with van der Waals surface area (Å²) in [7, 11) is 0. The van der Waals surface area contributed by atoms with Gasteiger partial charge in [-0.25, -0.2) is 4.79 Å². The first-order chi connectivity index (χ1) is 12.2. The Hall–Kier alpha value is -3.15. The Morgan fingerprint density at radius 3 is 2.64 bits per heavy atom. The Morgan fingerprint density at radius 1 is 1.12 bits per heavy atom. The molecular weight excluding hydrogens is 320 g/mol. The fraction of sp³-hybridized carbons (Fsp3) is 0.211. The van der Waals surface area contributed by atoms with Gasteiger partial charge in [-0.15, -0.1) is 10.2 Å². The number of ether oxygens (including phenoxy) is 2. The number of hydrogen-bond donors (Lipinski definition) is 0. The standard InChI is InChI=1S/C19H18N2O4/c1-3-23-16-9-7-14(8-10-16)19(22)24-12-17-20-21-18(25-17)15-6-4-5-13(2)11-15/h4-11H,3,12H2,1-2H3. The molecule has 128 valence electrons. The number of aryl methyl sites for hydroxylation is 1. The molecule has 0 unspecified atom stereocenters. The number of esters is 1. The van der Waals surface area contributed by atoms with Crippen LogP contribution >= 0.6 is 0 Å². The molecule has 1 aromatic heterocycles. The highest BCUT2D eigenvalue weighted by Gasteiger charge is 2.12. The SMILES string of the molecule is CCOc1ccc(C(=O)OCc2nnc(-c3cccc(C)c3)o2)cc1. The zero-order chi connectivity index (χ0) is 17.6. The van der Waals surface area contributed by atoms with E-state index in [2.05, 4.69) is 10.2 Å². The van der Waals surface area contributed by atoms with Crippen LogP contribution in [0.25, 0.3) is 11.5 Å². The number of hydrogen-bond acceptors (Lipinski definition) is 6. The molecule has 0 atom stereocenters. The van der Waals surface area contributed by atoms with Crippen molar-refractivity contribution in [3.8, 4) is 17.2 Å². The van der Waals surface area contributed by atoms with Crippen LogP contribution in [0.3, 0.4) is 0 Å². The van der Waals surface area contributed by atoms with Crippen molar-refractivity contribution in [2.45, 2.75) is 20.5 Å². The quantitative estimate of drug-likeness (QED) is 0.636. The number of nitrogens with zero attached hydrogens (tertiary/aromatic N) is 2. The van der Waals surface area contributed by atoms with Crippen molar-refractivity contribution in [3.05, 3.63) is 65.5 Å². The Labute approximate surface area is 145 Å². The predicted molar refractivity (Wildman–Crippen MR) is 91.2 cm³/mol. The van der Waals surface area contributed by atoms with Gasteiger partial charge in [-0.05, 0) is 50.2 Å². The number of aromatic nitrogens is 2. The topological polar surface area (TPSA) is 74.5 Å². The zero-order valence-corrected chi connectivity index (χ0v) is 14.1. The van der Waals surface area contributed by atoms with Crippen LogP contribution in [0.4, 0.5) is 0 Å². The van der Waals surface area contributed by atoms with E-state index in [1.165, 1.54) is 0 Å². The predicted octanol–water partition coefficient (Wildman–Crippen LogP) is 3.80. The Bertz CT molecular complexity index is 856. The molecule has 0 amide bonds. The lowest BCUT2D eigenvalue weighted by Gasteiger charge is -2.04. The van der Waals surface area contributed by atoms with Crippen molar-refractivity contribution in [2.24, 2.45) is 0 Å². The lowest BCUT2D eigenvalue weighted by Crippen LogP contribution is -2.05. The van der Waals surface area contributed by atoms with Crippen LogP contribution in [0.1, 0.15) is 28.7 Å². The van der Waals surface area contributed by atoms with Gasteiger partial charge in [0.25, 0.3) is 5.89 Å². The summed E-state index contributed by atoms with van der Waals surface area (Å²) in [5, 5.41) is 7.90. The van der Waals surface area contributed by atoms with Gasteiger partial charge in [-0.1, -0.05) is 17.7 Å². The maximum absolute atomic E-state index is 12.1. The molecule has 0 N–H and O–H groups in total. The second-order valence-corrected chi connectivity index (χ2v) is 5.40. The van der Waals surface area contributed by atoms with E-state index in [1.807, 2.05) is 38.1 Å². The van der Waals surface area contributed by atoms with Gasteiger partial charge < -0.3 is 13.9 Å². The van der Waals surface area contributed by atoms with Gasteiger partial charge in [0.2, 0.25) is 5.89 Å². The molecule has 6 nitrogen and oxygen atoms in total. The van der Waals surface area contributed by atoms with Crippen LogP contribution in [0.15, 0.2) is 52.9 Å². The largest absolute Gasteiger partial charge is 0.494 e. The third-order valence-corrected chi connectivity index (χ3v) is 3.46. The molecule has 0 bridgehead atoms. The summed E-state index contributed by atoms with van der Waals surface area (Å²) in [5.41, 5.74) is 2.36. The molecule has 0 saturated heterocycles. The lowest BCUT2D eigenvalue weighted by atomic mass is 10.1. The Balaban J connectivity index is 1.61. The minimum Gasteiger partial charge on any atom is -0.494 e. The summed E-state index contributed by atoms with van der Waals surface area (Å²) >= 11 is 0. The molecule has 3 rings (SSSR count). The van der Waals surface area contributed by atoms with Crippen LogP contribution in [0.5, 0.6) is 5.75 Å². The minimum absolute atomic E-state index is 0.0785. The molecule has 0 aliphatic heterocycles. The molecule has 0 aliphatic carbocycles. The Kier molecular flexibility index (Phi) is 5.09. The fourth-order valence-corrected chi connectivity index (χ4v) is 2.27. The highest BCUT2D eigenvalue weighted by Crippen LogP contribution is 2.19. The first-order valence-electron chi connectivity index (χ1n) is 7.95. The van der Waals surface area contributed by atoms with E-state index in [1.54, 1.807) is 24.3 Å². The van der Waals surface area contributed by atoms with E-state index in [4.69, 9.17) is 13.9 Å². The van der Waals surface area contributed by atoms with E-state index >= 15 is 0 Å². The molecule has 6 heteroatoms. The first kappa shape index (κ1) is 16.7. The monoisotopic (exact) mass is 338 g/mol. The first-order valence-corrected chi connectivity index (χ1v) is 7.95. The van der Waals surface area contributed by atoms with Gasteiger partial charge in [0.15, 0.2) is 6.61 Å². The number of rotatable bonds is 6. The van der Waals surface area contributed by atoms with Crippen molar-refractivity contribution in [3.63, 3.8) is 0 Å². The van der Waals surface area contributed by atoms with E-state index < -0.39 is 5.97 Å². The highest BCUT2D eigenvalue weighted by molar-refractivity contribution is 5.89. The molecule has 1 heterocycles. The number of benzene rings is 2. The molecule has 25 heavy (non-hydrogen) atoms. The smallest absolute Gasteiger partial charge is 0.338 e. The number of carbonyl (C=O) groups is 1. The molecule has 0 radical (unpaired) electrons. The van der Waals surface area contributed by atoms with E-state index in [-0.39, 0.29) is 12.5 Å². The number of carbonyl (C=O) groups excluding carboxylic acids is 1. The normalized spacial score (nSPS) is 10.5. The van der Waals surface area contributed by atoms with E-state index in [0.29, 0.717) is 23.8 Å². The van der Waals surface area contributed by atoms with Crippen molar-refractivity contribution >= 4 is 5.97 Å². The van der Waals surface area contributed by atoms with Gasteiger partial charge >= 0.3 is 5.97 Å². The Morgan fingerprint density at radius 2 is 1.92 bits per heavy atom. The second kappa shape index (κ2) is 7.61. The summed E-state index contributed by atoms with van der Waals surface area (Å²) in [4.78, 5) is 12.1. The molecule has 0 aliphatic rings. The average molecular weight is 338 g/mol. The van der Waals surface area contributed by atoms with Crippen LogP contribution in [-0.2, 0) is 11.3 Å². The van der Waals surface area contributed by atoms with E-state index in [9.17, 15) is 4.79 Å². The molecule has 2 aromatic carbocycles. The zero-order valence-electron chi connectivity index (χ0n) is 14.1. The van der Waals surface area contributed by atoms with Crippen molar-refractivity contribution in [2.75, 3.05) is 6.61 Å². The fourth-order valence-electron chi connectivity index (χ4n) is 2.27. The molecule has 0 saturated carbocycles. The van der Waals surface area contributed by atoms with Gasteiger partial charge in [0, 0.05) is 5.56 Å².